The Bertz CT molecular complexity index is 449. The molecule has 116 valence electrons. The number of nitrogens with zero attached hydrogens (tertiary/aromatic N) is 2. The molecule has 0 aliphatic carbocycles. The Hall–Kier alpha value is -1.39. The van der Waals surface area contributed by atoms with E-state index in [4.69, 9.17) is 0 Å². The van der Waals surface area contributed by atoms with E-state index in [2.05, 4.69) is 36.2 Å². The van der Waals surface area contributed by atoms with Crippen LogP contribution in [0.15, 0.2) is 30.3 Å². The molecule has 1 aromatic carbocycles. The number of benzene rings is 1. The lowest BCUT2D eigenvalue weighted by Crippen LogP contribution is -2.56. The van der Waals surface area contributed by atoms with E-state index < -0.39 is 0 Å². The summed E-state index contributed by atoms with van der Waals surface area (Å²) in [5.74, 6) is 0.224. The predicted octanol–water partition coefficient (Wildman–Crippen LogP) is 1.72. The quantitative estimate of drug-likeness (QED) is 0.896. The van der Waals surface area contributed by atoms with E-state index >= 15 is 0 Å². The highest BCUT2D eigenvalue weighted by Crippen LogP contribution is 2.09. The standard InChI is InChI=1S/C17H27N3O/c1-4-19(12-16-8-6-5-7-9-16)17(21)13-20-11-14(2)18-10-15(20)3/h5-9,14-15,18H,4,10-13H2,1-3H3. The molecule has 1 aliphatic heterocycles. The summed E-state index contributed by atoms with van der Waals surface area (Å²) >= 11 is 0. The summed E-state index contributed by atoms with van der Waals surface area (Å²) in [6, 6.07) is 11.1. The summed E-state index contributed by atoms with van der Waals surface area (Å²) in [5.41, 5.74) is 1.19. The van der Waals surface area contributed by atoms with Crippen LogP contribution in [0.2, 0.25) is 0 Å². The van der Waals surface area contributed by atoms with Gasteiger partial charge in [-0.1, -0.05) is 30.3 Å². The van der Waals surface area contributed by atoms with E-state index in [1.54, 1.807) is 0 Å². The van der Waals surface area contributed by atoms with Gasteiger partial charge in [0.15, 0.2) is 0 Å². The van der Waals surface area contributed by atoms with Crippen molar-refractivity contribution in [3.05, 3.63) is 35.9 Å². The Labute approximate surface area is 128 Å². The molecule has 2 unspecified atom stereocenters. The molecule has 2 rings (SSSR count). The Kier molecular flexibility index (Phi) is 5.76. The number of rotatable bonds is 5. The van der Waals surface area contributed by atoms with Crippen LogP contribution in [0, 0.1) is 0 Å². The topological polar surface area (TPSA) is 35.6 Å². The third-order valence-corrected chi connectivity index (χ3v) is 4.18. The van der Waals surface area contributed by atoms with E-state index in [1.165, 1.54) is 5.56 Å². The number of amides is 1. The van der Waals surface area contributed by atoms with Crippen molar-refractivity contribution in [3.63, 3.8) is 0 Å². The van der Waals surface area contributed by atoms with Gasteiger partial charge in [0.25, 0.3) is 0 Å². The van der Waals surface area contributed by atoms with Crippen LogP contribution in [0.5, 0.6) is 0 Å². The molecule has 1 saturated heterocycles. The van der Waals surface area contributed by atoms with E-state index in [1.807, 2.05) is 30.0 Å². The molecule has 0 saturated carbocycles. The molecule has 0 aromatic heterocycles. The third-order valence-electron chi connectivity index (χ3n) is 4.18. The van der Waals surface area contributed by atoms with Crippen LogP contribution < -0.4 is 5.32 Å². The van der Waals surface area contributed by atoms with Crippen LogP contribution in [0.3, 0.4) is 0 Å². The molecule has 0 bridgehead atoms. The Morgan fingerprint density at radius 3 is 2.71 bits per heavy atom. The lowest BCUT2D eigenvalue weighted by atomic mass is 10.1. The number of hydrogen-bond donors (Lipinski definition) is 1. The van der Waals surface area contributed by atoms with Gasteiger partial charge in [-0.2, -0.15) is 0 Å². The molecule has 4 nitrogen and oxygen atoms in total. The zero-order chi connectivity index (χ0) is 15.2. The highest BCUT2D eigenvalue weighted by molar-refractivity contribution is 5.78. The summed E-state index contributed by atoms with van der Waals surface area (Å²) in [7, 11) is 0. The number of hydrogen-bond acceptors (Lipinski definition) is 3. The first-order valence-electron chi connectivity index (χ1n) is 7.89. The number of carbonyl (C=O) groups excluding carboxylic acids is 1. The second kappa shape index (κ2) is 7.57. The normalized spacial score (nSPS) is 23.0. The van der Waals surface area contributed by atoms with E-state index in [9.17, 15) is 4.79 Å². The van der Waals surface area contributed by atoms with Gasteiger partial charge in [-0.05, 0) is 26.3 Å². The molecule has 1 fully saturated rings. The average molecular weight is 289 g/mol. The van der Waals surface area contributed by atoms with Crippen LogP contribution in [-0.2, 0) is 11.3 Å². The molecule has 0 spiro atoms. The molecule has 1 amide bonds. The summed E-state index contributed by atoms with van der Waals surface area (Å²) < 4.78 is 0. The SMILES string of the molecule is CCN(Cc1ccccc1)C(=O)CN1CC(C)NCC1C. The fraction of sp³-hybridized carbons (Fsp3) is 0.588. The van der Waals surface area contributed by atoms with Crippen LogP contribution >= 0.6 is 0 Å². The van der Waals surface area contributed by atoms with Crippen molar-refractivity contribution in [2.24, 2.45) is 0 Å². The van der Waals surface area contributed by atoms with Crippen molar-refractivity contribution >= 4 is 5.91 Å². The molecular weight excluding hydrogens is 262 g/mol. The minimum Gasteiger partial charge on any atom is -0.338 e. The van der Waals surface area contributed by atoms with E-state index in [0.29, 0.717) is 25.2 Å². The number of likely N-dealkylation sites (N-methyl/N-ethyl adjacent to an activating group) is 1. The summed E-state index contributed by atoms with van der Waals surface area (Å²) in [5, 5.41) is 3.45. The smallest absolute Gasteiger partial charge is 0.237 e. The van der Waals surface area contributed by atoms with Crippen molar-refractivity contribution in [2.75, 3.05) is 26.2 Å². The molecule has 1 aliphatic rings. The maximum absolute atomic E-state index is 12.6. The predicted molar refractivity (Wildman–Crippen MR) is 86.0 cm³/mol. The fourth-order valence-electron chi connectivity index (χ4n) is 2.77. The summed E-state index contributed by atoms with van der Waals surface area (Å²) in [6.07, 6.45) is 0. The van der Waals surface area contributed by atoms with Crippen LogP contribution in [0.1, 0.15) is 26.3 Å². The zero-order valence-electron chi connectivity index (χ0n) is 13.4. The van der Waals surface area contributed by atoms with Gasteiger partial charge in [0.2, 0.25) is 5.91 Å². The summed E-state index contributed by atoms with van der Waals surface area (Å²) in [4.78, 5) is 16.8. The highest BCUT2D eigenvalue weighted by Gasteiger charge is 2.25. The fourth-order valence-corrected chi connectivity index (χ4v) is 2.77. The minimum absolute atomic E-state index is 0.224. The maximum Gasteiger partial charge on any atom is 0.237 e. The Morgan fingerprint density at radius 2 is 2.05 bits per heavy atom. The molecular formula is C17H27N3O. The molecule has 0 radical (unpaired) electrons. The Balaban J connectivity index is 1.93. The molecule has 4 heteroatoms. The third kappa shape index (κ3) is 4.55. The van der Waals surface area contributed by atoms with Crippen molar-refractivity contribution in [1.82, 2.24) is 15.1 Å². The van der Waals surface area contributed by atoms with Gasteiger partial charge < -0.3 is 10.2 Å². The largest absolute Gasteiger partial charge is 0.338 e. The number of nitrogens with one attached hydrogen (secondary N) is 1. The van der Waals surface area contributed by atoms with Gasteiger partial charge in [-0.25, -0.2) is 0 Å². The molecule has 1 N–H and O–H groups in total. The molecule has 1 heterocycles. The Morgan fingerprint density at radius 1 is 1.33 bits per heavy atom. The van der Waals surface area contributed by atoms with E-state index in [0.717, 1.165) is 19.6 Å². The first-order chi connectivity index (χ1) is 10.1. The van der Waals surface area contributed by atoms with E-state index in [-0.39, 0.29) is 5.91 Å². The van der Waals surface area contributed by atoms with Crippen molar-refractivity contribution in [1.29, 1.82) is 0 Å². The van der Waals surface area contributed by atoms with Gasteiger partial charge in [0, 0.05) is 38.3 Å². The van der Waals surface area contributed by atoms with Crippen molar-refractivity contribution < 1.29 is 4.79 Å². The van der Waals surface area contributed by atoms with Gasteiger partial charge in [-0.3, -0.25) is 9.69 Å². The van der Waals surface area contributed by atoms with Gasteiger partial charge in [0.1, 0.15) is 0 Å². The van der Waals surface area contributed by atoms with Crippen molar-refractivity contribution in [2.45, 2.75) is 39.4 Å². The number of carbonyl (C=O) groups is 1. The van der Waals surface area contributed by atoms with Crippen LogP contribution in [0.25, 0.3) is 0 Å². The lowest BCUT2D eigenvalue weighted by molar-refractivity contribution is -0.133. The first kappa shape index (κ1) is 16.0. The van der Waals surface area contributed by atoms with Crippen LogP contribution in [-0.4, -0.2) is 54.0 Å². The maximum atomic E-state index is 12.6. The highest BCUT2D eigenvalue weighted by atomic mass is 16.2. The van der Waals surface area contributed by atoms with Crippen LogP contribution in [0.4, 0.5) is 0 Å². The first-order valence-corrected chi connectivity index (χ1v) is 7.89. The van der Waals surface area contributed by atoms with Gasteiger partial charge in [-0.15, -0.1) is 0 Å². The average Bonchev–Trinajstić information content (AvgIpc) is 2.49. The molecule has 21 heavy (non-hydrogen) atoms. The summed E-state index contributed by atoms with van der Waals surface area (Å²) in [6.45, 7) is 10.3. The van der Waals surface area contributed by atoms with Gasteiger partial charge >= 0.3 is 0 Å². The molecule has 2 atom stereocenters. The number of piperazine rings is 1. The van der Waals surface area contributed by atoms with Crippen molar-refractivity contribution in [3.8, 4) is 0 Å². The lowest BCUT2D eigenvalue weighted by Gasteiger charge is -2.38. The molecule has 1 aromatic rings. The van der Waals surface area contributed by atoms with Gasteiger partial charge in [0.05, 0.1) is 6.54 Å². The minimum atomic E-state index is 0.224. The second-order valence-electron chi connectivity index (χ2n) is 5.98. The monoisotopic (exact) mass is 289 g/mol. The second-order valence-corrected chi connectivity index (χ2v) is 5.98. The zero-order valence-corrected chi connectivity index (χ0v) is 13.4.